The molecule has 3 aromatic rings. The molecule has 0 saturated carbocycles. The molecule has 0 aliphatic carbocycles. The van der Waals surface area contributed by atoms with Crippen molar-refractivity contribution in [1.29, 1.82) is 0 Å². The molecule has 1 unspecified atom stereocenters. The third kappa shape index (κ3) is 4.78. The van der Waals surface area contributed by atoms with E-state index in [1.165, 1.54) is 7.11 Å². The Balaban J connectivity index is 2.34. The zero-order chi connectivity index (χ0) is 22.1. The molecule has 0 fully saturated rings. The van der Waals surface area contributed by atoms with Crippen LogP contribution < -0.4 is 15.9 Å². The number of unbranched alkanes of at least 4 members (excludes halogenated alkanes) is 2. The predicted octanol–water partition coefficient (Wildman–Crippen LogP) is 4.67. The van der Waals surface area contributed by atoms with Crippen molar-refractivity contribution < 1.29 is 14.3 Å². The highest BCUT2D eigenvalue weighted by Gasteiger charge is 2.59. The van der Waals surface area contributed by atoms with Crippen LogP contribution in [0.2, 0.25) is 0 Å². The maximum Gasteiger partial charge on any atom is 0.355 e. The highest BCUT2D eigenvalue weighted by molar-refractivity contribution is 7.97. The number of benzene rings is 3. The van der Waals surface area contributed by atoms with Gasteiger partial charge < -0.3 is 4.74 Å². The molecular formula is C27H30O3P+. The summed E-state index contributed by atoms with van der Waals surface area (Å²) in [6.45, 7) is 2.11. The molecule has 0 spiro atoms. The van der Waals surface area contributed by atoms with Gasteiger partial charge >= 0.3 is 5.97 Å². The third-order valence-corrected chi connectivity index (χ3v) is 10.2. The number of esters is 1. The number of ether oxygens (including phenoxy) is 1. The van der Waals surface area contributed by atoms with Crippen LogP contribution in [0.5, 0.6) is 0 Å². The normalized spacial score (nSPS) is 12.2. The minimum Gasteiger partial charge on any atom is -0.466 e. The lowest BCUT2D eigenvalue weighted by molar-refractivity contribution is -0.142. The Kier molecular flexibility index (Phi) is 8.14. The van der Waals surface area contributed by atoms with Crippen LogP contribution in [0.1, 0.15) is 32.6 Å². The van der Waals surface area contributed by atoms with Gasteiger partial charge in [-0.2, -0.15) is 0 Å². The van der Waals surface area contributed by atoms with Gasteiger partial charge in [-0.3, -0.25) is 4.79 Å². The summed E-state index contributed by atoms with van der Waals surface area (Å²) in [4.78, 5) is 27.0. The number of methoxy groups -OCH3 is 1. The van der Waals surface area contributed by atoms with Crippen LogP contribution in [-0.4, -0.2) is 24.5 Å². The van der Waals surface area contributed by atoms with Gasteiger partial charge in [-0.15, -0.1) is 0 Å². The number of carbonyl (C=O) groups excluding carboxylic acids is 2. The van der Waals surface area contributed by atoms with E-state index < -0.39 is 18.9 Å². The summed E-state index contributed by atoms with van der Waals surface area (Å²) in [7, 11) is -1.29. The molecule has 0 saturated heterocycles. The molecule has 0 aromatic heterocycles. The maximum atomic E-state index is 13.7. The van der Waals surface area contributed by atoms with Crippen LogP contribution in [0.4, 0.5) is 0 Å². The quantitative estimate of drug-likeness (QED) is 0.202. The monoisotopic (exact) mass is 433 g/mol. The Bertz CT molecular complexity index is 874. The van der Waals surface area contributed by atoms with Gasteiger partial charge in [0.15, 0.2) is 5.78 Å². The van der Waals surface area contributed by atoms with Crippen LogP contribution >= 0.6 is 7.26 Å². The lowest BCUT2D eigenvalue weighted by Crippen LogP contribution is -2.46. The Hall–Kier alpha value is -2.77. The topological polar surface area (TPSA) is 43.4 Å². The maximum absolute atomic E-state index is 13.7. The summed E-state index contributed by atoms with van der Waals surface area (Å²) in [5.41, 5.74) is -0.874. The molecule has 31 heavy (non-hydrogen) atoms. The first-order valence-electron chi connectivity index (χ1n) is 10.8. The lowest BCUT2D eigenvalue weighted by atomic mass is 10.1. The van der Waals surface area contributed by atoms with Gasteiger partial charge in [-0.25, -0.2) is 4.79 Å². The second kappa shape index (κ2) is 11.0. The summed E-state index contributed by atoms with van der Waals surface area (Å²) in [5, 5.41) is 3.02. The predicted molar refractivity (Wildman–Crippen MR) is 130 cm³/mol. The van der Waals surface area contributed by atoms with Crippen LogP contribution in [0.3, 0.4) is 0 Å². The fourth-order valence-electron chi connectivity index (χ4n) is 4.19. The molecule has 3 rings (SSSR count). The summed E-state index contributed by atoms with van der Waals surface area (Å²) < 4.78 is 5.28. The fraction of sp³-hybridized carbons (Fsp3) is 0.259. The Labute approximate surface area is 185 Å². The number of Topliss-reactive ketones (excluding diaryl/α,β-unsaturated/α-hetero) is 1. The van der Waals surface area contributed by atoms with E-state index >= 15 is 0 Å². The van der Waals surface area contributed by atoms with Gasteiger partial charge in [0.2, 0.25) is 5.66 Å². The number of carbonyl (C=O) groups is 2. The molecule has 3 nitrogen and oxygen atoms in total. The van der Waals surface area contributed by atoms with Crippen LogP contribution in [-0.2, 0) is 14.3 Å². The van der Waals surface area contributed by atoms with Crippen LogP contribution in [0.25, 0.3) is 0 Å². The van der Waals surface area contributed by atoms with Crippen LogP contribution in [0.15, 0.2) is 91.0 Å². The van der Waals surface area contributed by atoms with Crippen molar-refractivity contribution in [2.24, 2.45) is 0 Å². The molecule has 4 heteroatoms. The molecule has 3 aromatic carbocycles. The van der Waals surface area contributed by atoms with Crippen LogP contribution in [0, 0.1) is 0 Å². The molecular weight excluding hydrogens is 403 g/mol. The highest BCUT2D eigenvalue weighted by atomic mass is 31.2. The minimum absolute atomic E-state index is 0.0369. The molecule has 1 atom stereocenters. The van der Waals surface area contributed by atoms with Gasteiger partial charge in [-0.05, 0) is 42.8 Å². The third-order valence-electron chi connectivity index (χ3n) is 5.63. The fourth-order valence-corrected chi connectivity index (χ4v) is 8.89. The van der Waals surface area contributed by atoms with E-state index in [0.717, 1.165) is 35.2 Å². The van der Waals surface area contributed by atoms with Crippen molar-refractivity contribution in [3.05, 3.63) is 91.0 Å². The second-order valence-electron chi connectivity index (χ2n) is 7.58. The zero-order valence-electron chi connectivity index (χ0n) is 18.2. The SMILES string of the molecule is CCCCCC(=O)C(C(=O)OC)[P+](c1ccccc1)(c1ccccc1)c1ccccc1. The van der Waals surface area contributed by atoms with E-state index in [1.54, 1.807) is 0 Å². The number of rotatable bonds is 10. The molecule has 0 aliphatic rings. The van der Waals surface area contributed by atoms with Crippen molar-refractivity contribution in [3.8, 4) is 0 Å². The highest BCUT2D eigenvalue weighted by Crippen LogP contribution is 2.60. The van der Waals surface area contributed by atoms with E-state index in [9.17, 15) is 9.59 Å². The van der Waals surface area contributed by atoms with E-state index in [1.807, 2.05) is 91.0 Å². The van der Waals surface area contributed by atoms with Crippen molar-refractivity contribution >= 4 is 34.9 Å². The first-order valence-corrected chi connectivity index (χ1v) is 12.7. The van der Waals surface area contributed by atoms with E-state index in [-0.39, 0.29) is 5.78 Å². The lowest BCUT2D eigenvalue weighted by Gasteiger charge is -2.32. The zero-order valence-corrected chi connectivity index (χ0v) is 19.1. The molecule has 160 valence electrons. The summed E-state index contributed by atoms with van der Waals surface area (Å²) in [6, 6.07) is 30.0. The van der Waals surface area contributed by atoms with Gasteiger partial charge in [0.25, 0.3) is 0 Å². The standard InChI is InChI=1S/C27H30O3P/c1-3-4-8-21-25(28)26(27(29)30-2)31(22-15-9-5-10-16-22,23-17-11-6-12-18-23)24-19-13-7-14-20-24/h5-7,9-20,26H,3-4,8,21H2,1-2H3/q+1. The van der Waals surface area contributed by atoms with E-state index in [0.29, 0.717) is 6.42 Å². The van der Waals surface area contributed by atoms with Crippen molar-refractivity contribution in [2.45, 2.75) is 38.3 Å². The Morgan fingerprint density at radius 2 is 1.16 bits per heavy atom. The first kappa shape index (κ1) is 22.9. The minimum atomic E-state index is -2.66. The van der Waals surface area contributed by atoms with Crippen molar-refractivity contribution in [3.63, 3.8) is 0 Å². The molecule has 0 bridgehead atoms. The smallest absolute Gasteiger partial charge is 0.355 e. The first-order chi connectivity index (χ1) is 15.2. The van der Waals surface area contributed by atoms with Crippen molar-refractivity contribution in [2.75, 3.05) is 7.11 Å². The second-order valence-corrected chi connectivity index (χ2v) is 11.1. The molecule has 0 aliphatic heterocycles. The van der Waals surface area contributed by atoms with Gasteiger partial charge in [0.05, 0.1) is 7.11 Å². The number of hydrogen-bond acceptors (Lipinski definition) is 3. The molecule has 0 N–H and O–H groups in total. The summed E-state index contributed by atoms with van der Waals surface area (Å²) >= 11 is 0. The van der Waals surface area contributed by atoms with E-state index in [4.69, 9.17) is 4.74 Å². The molecule has 0 amide bonds. The molecule has 0 radical (unpaired) electrons. The van der Waals surface area contributed by atoms with E-state index in [2.05, 4.69) is 6.92 Å². The number of ketones is 1. The average molecular weight is 434 g/mol. The summed E-state index contributed by atoms with van der Waals surface area (Å²) in [6.07, 6.45) is 3.14. The van der Waals surface area contributed by atoms with Crippen molar-refractivity contribution in [1.82, 2.24) is 0 Å². The summed E-state index contributed by atoms with van der Waals surface area (Å²) in [5.74, 6) is -0.489. The van der Waals surface area contributed by atoms with Gasteiger partial charge in [0, 0.05) is 6.42 Å². The Morgan fingerprint density at radius 3 is 1.52 bits per heavy atom. The number of hydrogen-bond donors (Lipinski definition) is 0. The Morgan fingerprint density at radius 1 is 0.742 bits per heavy atom. The van der Waals surface area contributed by atoms with Gasteiger partial charge in [0.1, 0.15) is 23.2 Å². The average Bonchev–Trinajstić information content (AvgIpc) is 2.83. The van der Waals surface area contributed by atoms with Gasteiger partial charge in [-0.1, -0.05) is 74.4 Å². The largest absolute Gasteiger partial charge is 0.466 e. The molecule has 0 heterocycles.